The van der Waals surface area contributed by atoms with E-state index in [0.29, 0.717) is 12.8 Å². The van der Waals surface area contributed by atoms with Crippen LogP contribution >= 0.6 is 0 Å². The van der Waals surface area contributed by atoms with Crippen LogP contribution in [-0.4, -0.2) is 11.8 Å². The van der Waals surface area contributed by atoms with E-state index in [-0.39, 0.29) is 5.78 Å². The van der Waals surface area contributed by atoms with Crippen molar-refractivity contribution in [2.24, 2.45) is 5.18 Å². The van der Waals surface area contributed by atoms with Crippen molar-refractivity contribution < 1.29 is 4.79 Å². The summed E-state index contributed by atoms with van der Waals surface area (Å²) in [5, 5.41) is 2.73. The highest BCUT2D eigenvalue weighted by Crippen LogP contribution is 2.16. The summed E-state index contributed by atoms with van der Waals surface area (Å²) in [7, 11) is 0. The summed E-state index contributed by atoms with van der Waals surface area (Å²) in [4.78, 5) is 20.6. The molecule has 0 spiro atoms. The van der Waals surface area contributed by atoms with Crippen molar-refractivity contribution in [3.05, 3.63) is 4.91 Å². The molecule has 1 saturated carbocycles. The lowest BCUT2D eigenvalue weighted by molar-refractivity contribution is -0.121. The predicted octanol–water partition coefficient (Wildman–Crippen LogP) is 1.26. The average Bonchev–Trinajstić information content (AvgIpc) is 1.89. The molecule has 3 heteroatoms. The second-order valence-electron chi connectivity index (χ2n) is 2.33. The summed E-state index contributed by atoms with van der Waals surface area (Å²) in [6.45, 7) is 0. The van der Waals surface area contributed by atoms with Crippen LogP contribution in [0.15, 0.2) is 5.18 Å². The minimum atomic E-state index is -0.515. The molecule has 1 unspecified atom stereocenters. The van der Waals surface area contributed by atoms with Crippen molar-refractivity contribution in [3.8, 4) is 0 Å². The molecule has 1 fully saturated rings. The first kappa shape index (κ1) is 6.39. The summed E-state index contributed by atoms with van der Waals surface area (Å²) in [5.41, 5.74) is 0. The Morgan fingerprint density at radius 3 is 2.67 bits per heavy atom. The van der Waals surface area contributed by atoms with Crippen LogP contribution in [0, 0.1) is 4.91 Å². The fourth-order valence-electron chi connectivity index (χ4n) is 1.08. The quantitative estimate of drug-likeness (QED) is 0.498. The molecule has 0 aliphatic heterocycles. The Morgan fingerprint density at radius 1 is 1.44 bits per heavy atom. The number of carbonyl (C=O) groups is 1. The molecule has 0 N–H and O–H groups in total. The van der Waals surface area contributed by atoms with Crippen LogP contribution in [0.3, 0.4) is 0 Å². The molecule has 3 nitrogen and oxygen atoms in total. The van der Waals surface area contributed by atoms with Gasteiger partial charge in [-0.25, -0.2) is 0 Å². The molecule has 1 aliphatic carbocycles. The molecule has 0 saturated heterocycles. The van der Waals surface area contributed by atoms with Gasteiger partial charge < -0.3 is 0 Å². The van der Waals surface area contributed by atoms with Crippen LogP contribution in [0.25, 0.3) is 0 Å². The van der Waals surface area contributed by atoms with E-state index in [1.54, 1.807) is 0 Å². The first-order chi connectivity index (χ1) is 4.34. The molecule has 0 heterocycles. The molecule has 0 bridgehead atoms. The third kappa shape index (κ3) is 1.34. The molecule has 9 heavy (non-hydrogen) atoms. The molecular formula is C6H9NO2. The maximum atomic E-state index is 10.7. The van der Waals surface area contributed by atoms with Crippen molar-refractivity contribution in [3.63, 3.8) is 0 Å². The van der Waals surface area contributed by atoms with Gasteiger partial charge in [0.05, 0.1) is 0 Å². The number of ketones is 1. The fourth-order valence-corrected chi connectivity index (χ4v) is 1.08. The van der Waals surface area contributed by atoms with Gasteiger partial charge in [-0.1, -0.05) is 11.6 Å². The lowest BCUT2D eigenvalue weighted by atomic mass is 9.95. The van der Waals surface area contributed by atoms with Crippen molar-refractivity contribution >= 4 is 5.78 Å². The van der Waals surface area contributed by atoms with Crippen molar-refractivity contribution in [1.29, 1.82) is 0 Å². The SMILES string of the molecule is O=NC1CCCCC1=O. The molecule has 1 atom stereocenters. The minimum Gasteiger partial charge on any atom is -0.297 e. The van der Waals surface area contributed by atoms with E-state index in [4.69, 9.17) is 0 Å². The standard InChI is InChI=1S/C6H9NO2/c8-6-4-2-1-3-5(6)7-9/h5H,1-4H2. The topological polar surface area (TPSA) is 46.5 Å². The maximum Gasteiger partial charge on any atom is 0.160 e. The van der Waals surface area contributed by atoms with Gasteiger partial charge >= 0.3 is 0 Å². The van der Waals surface area contributed by atoms with Gasteiger partial charge in [-0.3, -0.25) is 4.79 Å². The van der Waals surface area contributed by atoms with Crippen LogP contribution < -0.4 is 0 Å². The third-order valence-corrected chi connectivity index (χ3v) is 1.65. The van der Waals surface area contributed by atoms with Crippen LogP contribution in [0.5, 0.6) is 0 Å². The summed E-state index contributed by atoms with van der Waals surface area (Å²) < 4.78 is 0. The maximum absolute atomic E-state index is 10.7. The van der Waals surface area contributed by atoms with Gasteiger partial charge in [-0.05, 0) is 12.8 Å². The first-order valence-corrected chi connectivity index (χ1v) is 3.20. The van der Waals surface area contributed by atoms with E-state index in [1.165, 1.54) is 0 Å². The number of hydrogen-bond donors (Lipinski definition) is 0. The van der Waals surface area contributed by atoms with Gasteiger partial charge in [-0.15, -0.1) is 0 Å². The summed E-state index contributed by atoms with van der Waals surface area (Å²) in [6, 6.07) is -0.515. The first-order valence-electron chi connectivity index (χ1n) is 3.20. The van der Waals surface area contributed by atoms with Crippen molar-refractivity contribution in [1.82, 2.24) is 0 Å². The summed E-state index contributed by atoms with van der Waals surface area (Å²) in [5.74, 6) is 0.0243. The highest BCUT2D eigenvalue weighted by molar-refractivity contribution is 5.84. The van der Waals surface area contributed by atoms with Crippen molar-refractivity contribution in [2.45, 2.75) is 31.7 Å². The highest BCUT2D eigenvalue weighted by atomic mass is 16.3. The monoisotopic (exact) mass is 127 g/mol. The van der Waals surface area contributed by atoms with Crippen LogP contribution in [0.1, 0.15) is 25.7 Å². The Balaban J connectivity index is 2.48. The van der Waals surface area contributed by atoms with Gasteiger partial charge in [0.1, 0.15) is 6.04 Å². The normalized spacial score (nSPS) is 28.0. The van der Waals surface area contributed by atoms with Crippen molar-refractivity contribution in [2.75, 3.05) is 0 Å². The summed E-state index contributed by atoms with van der Waals surface area (Å²) >= 11 is 0. The Morgan fingerprint density at radius 2 is 2.22 bits per heavy atom. The number of nitrogens with zero attached hydrogens (tertiary/aromatic N) is 1. The molecule has 0 aromatic rings. The summed E-state index contributed by atoms with van der Waals surface area (Å²) in [6.07, 6.45) is 3.13. The van der Waals surface area contributed by atoms with E-state index in [2.05, 4.69) is 5.18 Å². The average molecular weight is 127 g/mol. The fraction of sp³-hybridized carbons (Fsp3) is 0.833. The number of carbonyl (C=O) groups excluding carboxylic acids is 1. The van der Waals surface area contributed by atoms with Gasteiger partial charge in [0.15, 0.2) is 5.78 Å². The molecule has 0 aromatic heterocycles. The van der Waals surface area contributed by atoms with Crippen LogP contribution in [-0.2, 0) is 4.79 Å². The van der Waals surface area contributed by atoms with E-state index >= 15 is 0 Å². The van der Waals surface area contributed by atoms with Crippen LogP contribution in [0.2, 0.25) is 0 Å². The second-order valence-corrected chi connectivity index (χ2v) is 2.33. The third-order valence-electron chi connectivity index (χ3n) is 1.65. The van der Waals surface area contributed by atoms with Crippen LogP contribution in [0.4, 0.5) is 0 Å². The van der Waals surface area contributed by atoms with E-state index < -0.39 is 6.04 Å². The zero-order chi connectivity index (χ0) is 6.69. The Labute approximate surface area is 53.4 Å². The number of Topliss-reactive ketones (excluding diaryl/α,β-unsaturated/α-hetero) is 1. The Kier molecular flexibility index (Phi) is 1.92. The molecule has 1 rings (SSSR count). The van der Waals surface area contributed by atoms with Gasteiger partial charge in [0.25, 0.3) is 0 Å². The van der Waals surface area contributed by atoms with Gasteiger partial charge in [0.2, 0.25) is 0 Å². The Hall–Kier alpha value is -0.730. The minimum absolute atomic E-state index is 0.0243. The molecule has 0 radical (unpaired) electrons. The highest BCUT2D eigenvalue weighted by Gasteiger charge is 2.21. The molecule has 0 aromatic carbocycles. The molecule has 0 amide bonds. The number of rotatable bonds is 1. The van der Waals surface area contributed by atoms with E-state index in [9.17, 15) is 9.70 Å². The Bertz CT molecular complexity index is 133. The van der Waals surface area contributed by atoms with E-state index in [0.717, 1.165) is 12.8 Å². The molecular weight excluding hydrogens is 118 g/mol. The largest absolute Gasteiger partial charge is 0.297 e. The lowest BCUT2D eigenvalue weighted by Crippen LogP contribution is -2.21. The smallest absolute Gasteiger partial charge is 0.160 e. The molecule has 50 valence electrons. The predicted molar refractivity (Wildman–Crippen MR) is 33.1 cm³/mol. The lowest BCUT2D eigenvalue weighted by Gasteiger charge is -2.12. The zero-order valence-corrected chi connectivity index (χ0v) is 5.17. The van der Waals surface area contributed by atoms with E-state index in [1.807, 2.05) is 0 Å². The van der Waals surface area contributed by atoms with Gasteiger partial charge in [-0.2, -0.15) is 4.91 Å². The van der Waals surface area contributed by atoms with Gasteiger partial charge in [0, 0.05) is 6.42 Å². The number of nitroso groups, excluding NO2 is 1. The second kappa shape index (κ2) is 2.71. The molecule has 1 aliphatic rings. The zero-order valence-electron chi connectivity index (χ0n) is 5.17. The number of hydrogen-bond acceptors (Lipinski definition) is 3.